The summed E-state index contributed by atoms with van der Waals surface area (Å²) in [4.78, 5) is 12.2. The second kappa shape index (κ2) is 7.51. The summed E-state index contributed by atoms with van der Waals surface area (Å²) < 4.78 is 11.6. The largest absolute Gasteiger partial charge is 0.493 e. The molecule has 0 saturated heterocycles. The first-order valence-corrected chi connectivity index (χ1v) is 7.74. The number of benzene rings is 2. The van der Waals surface area contributed by atoms with E-state index in [1.165, 1.54) is 0 Å². The zero-order valence-corrected chi connectivity index (χ0v) is 14.4. The van der Waals surface area contributed by atoms with Gasteiger partial charge in [-0.1, -0.05) is 23.7 Å². The lowest BCUT2D eigenvalue weighted by atomic mass is 10.3. The number of amides is 1. The van der Waals surface area contributed by atoms with Gasteiger partial charge in [-0.2, -0.15) is 0 Å². The normalized spacial score (nSPS) is 11.6. The molecule has 0 aliphatic rings. The van der Waals surface area contributed by atoms with Crippen LogP contribution in [0.3, 0.4) is 0 Å². The predicted molar refractivity (Wildman–Crippen MR) is 90.9 cm³/mol. The molecule has 2 aromatic carbocycles. The molecule has 0 aliphatic heterocycles. The maximum Gasteiger partial charge on any atom is 0.265 e. The number of para-hydroxylation sites is 2. The van der Waals surface area contributed by atoms with Gasteiger partial charge in [0.25, 0.3) is 5.91 Å². The molecule has 0 fully saturated rings. The zero-order chi connectivity index (χ0) is 16.1. The minimum atomic E-state index is -0.682. The van der Waals surface area contributed by atoms with Crippen molar-refractivity contribution in [2.45, 2.75) is 13.0 Å². The molecule has 1 atom stereocenters. The van der Waals surface area contributed by atoms with Gasteiger partial charge in [0, 0.05) is 10.2 Å². The van der Waals surface area contributed by atoms with E-state index in [-0.39, 0.29) is 5.91 Å². The number of ether oxygens (including phenoxy) is 2. The van der Waals surface area contributed by atoms with E-state index in [2.05, 4.69) is 21.2 Å². The van der Waals surface area contributed by atoms with Crippen LogP contribution in [0.25, 0.3) is 0 Å². The van der Waals surface area contributed by atoms with Gasteiger partial charge in [-0.15, -0.1) is 0 Å². The van der Waals surface area contributed by atoms with Crippen LogP contribution >= 0.6 is 27.5 Å². The Hall–Kier alpha value is -1.72. The highest BCUT2D eigenvalue weighted by atomic mass is 79.9. The zero-order valence-electron chi connectivity index (χ0n) is 12.1. The Morgan fingerprint density at radius 2 is 1.91 bits per heavy atom. The van der Waals surface area contributed by atoms with Crippen LogP contribution in [0.2, 0.25) is 5.02 Å². The molecule has 0 spiro atoms. The van der Waals surface area contributed by atoms with Gasteiger partial charge in [0.15, 0.2) is 17.6 Å². The molecule has 1 N–H and O–H groups in total. The molecule has 0 heterocycles. The monoisotopic (exact) mass is 383 g/mol. The molecule has 0 saturated carbocycles. The van der Waals surface area contributed by atoms with Crippen molar-refractivity contribution in [2.24, 2.45) is 0 Å². The van der Waals surface area contributed by atoms with E-state index in [0.717, 1.165) is 4.47 Å². The average Bonchev–Trinajstić information content (AvgIpc) is 2.51. The van der Waals surface area contributed by atoms with E-state index in [9.17, 15) is 4.79 Å². The van der Waals surface area contributed by atoms with E-state index >= 15 is 0 Å². The molecule has 0 radical (unpaired) electrons. The van der Waals surface area contributed by atoms with Gasteiger partial charge in [0.1, 0.15) is 0 Å². The van der Waals surface area contributed by atoms with Gasteiger partial charge in [-0.05, 0) is 53.2 Å². The second-order valence-corrected chi connectivity index (χ2v) is 5.79. The van der Waals surface area contributed by atoms with Gasteiger partial charge in [0.05, 0.1) is 12.1 Å². The molecule has 116 valence electrons. The second-order valence-electron chi connectivity index (χ2n) is 4.53. The van der Waals surface area contributed by atoms with Crippen LogP contribution in [-0.4, -0.2) is 19.1 Å². The molecule has 0 aliphatic carbocycles. The van der Waals surface area contributed by atoms with Gasteiger partial charge in [0.2, 0.25) is 0 Å². The van der Waals surface area contributed by atoms with E-state index in [1.807, 2.05) is 12.1 Å². The Balaban J connectivity index is 2.04. The minimum Gasteiger partial charge on any atom is -0.493 e. The van der Waals surface area contributed by atoms with Crippen molar-refractivity contribution in [1.29, 1.82) is 0 Å². The third kappa shape index (κ3) is 4.15. The SMILES string of the molecule is COc1ccccc1O[C@@H](C)C(=O)Nc1ccc(Br)c(Cl)c1. The van der Waals surface area contributed by atoms with Crippen molar-refractivity contribution in [1.82, 2.24) is 0 Å². The average molecular weight is 385 g/mol. The van der Waals surface area contributed by atoms with Crippen molar-refractivity contribution >= 4 is 39.1 Å². The molecule has 2 rings (SSSR count). The minimum absolute atomic E-state index is 0.274. The molecule has 2 aromatic rings. The van der Waals surface area contributed by atoms with Crippen LogP contribution in [0.4, 0.5) is 5.69 Å². The standard InChI is InChI=1S/C16H15BrClNO3/c1-10(22-15-6-4-3-5-14(15)21-2)16(20)19-11-7-8-12(17)13(18)9-11/h3-10H,1-2H3,(H,19,20)/t10-/m0/s1. The third-order valence-electron chi connectivity index (χ3n) is 2.93. The molecule has 22 heavy (non-hydrogen) atoms. The molecular weight excluding hydrogens is 370 g/mol. The van der Waals surface area contributed by atoms with E-state index < -0.39 is 6.10 Å². The van der Waals surface area contributed by atoms with Gasteiger partial charge < -0.3 is 14.8 Å². The predicted octanol–water partition coefficient (Wildman–Crippen LogP) is 4.52. The van der Waals surface area contributed by atoms with E-state index in [1.54, 1.807) is 44.4 Å². The topological polar surface area (TPSA) is 47.6 Å². The maximum atomic E-state index is 12.2. The first-order valence-electron chi connectivity index (χ1n) is 6.57. The summed E-state index contributed by atoms with van der Waals surface area (Å²) in [6.45, 7) is 1.67. The molecular formula is C16H15BrClNO3. The van der Waals surface area contributed by atoms with Crippen molar-refractivity contribution in [3.8, 4) is 11.5 Å². The lowest BCUT2D eigenvalue weighted by Crippen LogP contribution is -2.30. The highest BCUT2D eigenvalue weighted by Gasteiger charge is 2.17. The fraction of sp³-hybridized carbons (Fsp3) is 0.188. The third-order valence-corrected chi connectivity index (χ3v) is 4.16. The summed E-state index contributed by atoms with van der Waals surface area (Å²) in [5, 5.41) is 3.28. The first-order chi connectivity index (χ1) is 10.5. The number of hydrogen-bond acceptors (Lipinski definition) is 3. The molecule has 4 nitrogen and oxygen atoms in total. The summed E-state index contributed by atoms with van der Waals surface area (Å²) in [5.74, 6) is 0.819. The number of anilines is 1. The summed E-state index contributed by atoms with van der Waals surface area (Å²) in [6, 6.07) is 12.4. The summed E-state index contributed by atoms with van der Waals surface area (Å²) in [7, 11) is 1.55. The van der Waals surface area contributed by atoms with Crippen molar-refractivity contribution in [3.63, 3.8) is 0 Å². The van der Waals surface area contributed by atoms with Crippen LogP contribution in [0.15, 0.2) is 46.9 Å². The number of halogens is 2. The molecule has 1 amide bonds. The molecule has 0 unspecified atom stereocenters. The van der Waals surface area contributed by atoms with Crippen LogP contribution in [0.5, 0.6) is 11.5 Å². The maximum absolute atomic E-state index is 12.2. The smallest absolute Gasteiger partial charge is 0.265 e. The fourth-order valence-corrected chi connectivity index (χ4v) is 2.21. The van der Waals surface area contributed by atoms with Crippen molar-refractivity contribution < 1.29 is 14.3 Å². The lowest BCUT2D eigenvalue weighted by Gasteiger charge is -2.16. The Kier molecular flexibility index (Phi) is 5.69. The Bertz CT molecular complexity index is 678. The number of nitrogens with one attached hydrogen (secondary N) is 1. The van der Waals surface area contributed by atoms with Gasteiger partial charge >= 0.3 is 0 Å². The quantitative estimate of drug-likeness (QED) is 0.824. The van der Waals surface area contributed by atoms with Crippen LogP contribution < -0.4 is 14.8 Å². The molecule has 0 bridgehead atoms. The Morgan fingerprint density at radius 3 is 2.55 bits per heavy atom. The number of carbonyl (C=O) groups excluding carboxylic acids is 1. The van der Waals surface area contributed by atoms with E-state index in [4.69, 9.17) is 21.1 Å². The highest BCUT2D eigenvalue weighted by Crippen LogP contribution is 2.28. The Morgan fingerprint density at radius 1 is 1.23 bits per heavy atom. The van der Waals surface area contributed by atoms with Crippen molar-refractivity contribution in [2.75, 3.05) is 12.4 Å². The number of methoxy groups -OCH3 is 1. The number of hydrogen-bond donors (Lipinski definition) is 1. The number of carbonyl (C=O) groups is 1. The number of rotatable bonds is 5. The summed E-state index contributed by atoms with van der Waals surface area (Å²) in [5.41, 5.74) is 0.605. The molecule has 6 heteroatoms. The fourth-order valence-electron chi connectivity index (χ4n) is 1.78. The first kappa shape index (κ1) is 16.6. The van der Waals surface area contributed by atoms with Gasteiger partial charge in [-0.25, -0.2) is 0 Å². The lowest BCUT2D eigenvalue weighted by molar-refractivity contribution is -0.122. The highest BCUT2D eigenvalue weighted by molar-refractivity contribution is 9.10. The van der Waals surface area contributed by atoms with Crippen LogP contribution in [0.1, 0.15) is 6.92 Å². The van der Waals surface area contributed by atoms with Crippen LogP contribution in [-0.2, 0) is 4.79 Å². The Labute approximate surface area is 142 Å². The molecule has 0 aromatic heterocycles. The summed E-state index contributed by atoms with van der Waals surface area (Å²) in [6.07, 6.45) is -0.682. The van der Waals surface area contributed by atoms with Gasteiger partial charge in [-0.3, -0.25) is 4.79 Å². The van der Waals surface area contributed by atoms with E-state index in [0.29, 0.717) is 22.2 Å². The summed E-state index contributed by atoms with van der Waals surface area (Å²) >= 11 is 9.30. The van der Waals surface area contributed by atoms with Crippen molar-refractivity contribution in [3.05, 3.63) is 52.0 Å². The van der Waals surface area contributed by atoms with Crippen LogP contribution in [0, 0.1) is 0 Å².